The molecule has 0 spiro atoms. The Morgan fingerprint density at radius 3 is 2.72 bits per heavy atom. The van der Waals surface area contributed by atoms with Gasteiger partial charge in [-0.25, -0.2) is 9.78 Å². The molecule has 0 saturated heterocycles. The van der Waals surface area contributed by atoms with E-state index in [1.54, 1.807) is 0 Å². The number of aromatic nitrogens is 1. The summed E-state index contributed by atoms with van der Waals surface area (Å²) in [7, 11) is 0. The number of hydrogen-bond donors (Lipinski definition) is 2. The first-order valence-corrected chi connectivity index (χ1v) is 6.55. The molecule has 0 aliphatic heterocycles. The van der Waals surface area contributed by atoms with Crippen LogP contribution in [0.3, 0.4) is 0 Å². The van der Waals surface area contributed by atoms with Gasteiger partial charge >= 0.3 is 5.97 Å². The summed E-state index contributed by atoms with van der Waals surface area (Å²) in [4.78, 5) is 15.3. The SMILES string of the molecule is CCc1ccc(NCCC(C)CC)c(C(=O)O)n1. The van der Waals surface area contributed by atoms with Gasteiger partial charge in [-0.1, -0.05) is 27.2 Å². The number of aromatic carboxylic acids is 1. The first-order chi connectivity index (χ1) is 8.58. The van der Waals surface area contributed by atoms with E-state index in [1.165, 1.54) is 0 Å². The fourth-order valence-electron chi connectivity index (χ4n) is 1.66. The van der Waals surface area contributed by atoms with Crippen LogP contribution in [0.2, 0.25) is 0 Å². The highest BCUT2D eigenvalue weighted by molar-refractivity contribution is 5.91. The normalized spacial score (nSPS) is 12.2. The highest BCUT2D eigenvalue weighted by Gasteiger charge is 2.12. The Morgan fingerprint density at radius 2 is 2.17 bits per heavy atom. The topological polar surface area (TPSA) is 62.2 Å². The first kappa shape index (κ1) is 14.5. The lowest BCUT2D eigenvalue weighted by atomic mass is 10.1. The van der Waals surface area contributed by atoms with Crippen molar-refractivity contribution in [1.29, 1.82) is 0 Å². The smallest absolute Gasteiger partial charge is 0.356 e. The number of hydrogen-bond acceptors (Lipinski definition) is 3. The molecule has 0 amide bonds. The number of carboxylic acid groups (broad SMARTS) is 1. The van der Waals surface area contributed by atoms with Gasteiger partial charge in [-0.2, -0.15) is 0 Å². The van der Waals surface area contributed by atoms with Gasteiger partial charge in [0, 0.05) is 12.2 Å². The van der Waals surface area contributed by atoms with Crippen LogP contribution in [0, 0.1) is 5.92 Å². The molecule has 1 unspecified atom stereocenters. The Hall–Kier alpha value is -1.58. The summed E-state index contributed by atoms with van der Waals surface area (Å²) >= 11 is 0. The maximum Gasteiger partial charge on any atom is 0.356 e. The van der Waals surface area contributed by atoms with E-state index >= 15 is 0 Å². The predicted octanol–water partition coefficient (Wildman–Crippen LogP) is 3.19. The van der Waals surface area contributed by atoms with Gasteiger partial charge in [-0.05, 0) is 30.9 Å². The third-order valence-corrected chi connectivity index (χ3v) is 3.17. The van der Waals surface area contributed by atoms with E-state index in [2.05, 4.69) is 24.1 Å². The number of pyridine rings is 1. The largest absolute Gasteiger partial charge is 0.476 e. The number of rotatable bonds is 7. The van der Waals surface area contributed by atoms with Gasteiger partial charge in [-0.15, -0.1) is 0 Å². The minimum Gasteiger partial charge on any atom is -0.476 e. The fraction of sp³-hybridized carbons (Fsp3) is 0.571. The van der Waals surface area contributed by atoms with Gasteiger partial charge in [0.15, 0.2) is 5.69 Å². The first-order valence-electron chi connectivity index (χ1n) is 6.55. The van der Waals surface area contributed by atoms with Crippen LogP contribution in [0.15, 0.2) is 12.1 Å². The maximum absolute atomic E-state index is 11.1. The zero-order chi connectivity index (χ0) is 13.5. The Balaban J connectivity index is 2.72. The summed E-state index contributed by atoms with van der Waals surface area (Å²) in [5.41, 5.74) is 1.54. The van der Waals surface area contributed by atoms with Crippen LogP contribution in [-0.4, -0.2) is 22.6 Å². The standard InChI is InChI=1S/C14H22N2O2/c1-4-10(3)8-9-15-12-7-6-11(5-2)16-13(12)14(17)18/h6-7,10,15H,4-5,8-9H2,1-3H3,(H,17,18). The Kier molecular flexibility index (Phi) is 5.62. The van der Waals surface area contributed by atoms with Gasteiger partial charge < -0.3 is 10.4 Å². The molecular formula is C14H22N2O2. The van der Waals surface area contributed by atoms with Crippen LogP contribution in [-0.2, 0) is 6.42 Å². The highest BCUT2D eigenvalue weighted by atomic mass is 16.4. The van der Waals surface area contributed by atoms with E-state index in [0.717, 1.165) is 31.5 Å². The van der Waals surface area contributed by atoms with Crippen LogP contribution in [0.5, 0.6) is 0 Å². The molecule has 0 radical (unpaired) electrons. The Bertz CT molecular complexity index is 405. The number of carboxylic acids is 1. The molecule has 0 aliphatic rings. The van der Waals surface area contributed by atoms with Crippen molar-refractivity contribution in [2.24, 2.45) is 5.92 Å². The minimum atomic E-state index is -0.976. The molecule has 1 aromatic rings. The van der Waals surface area contributed by atoms with Crippen LogP contribution in [0.4, 0.5) is 5.69 Å². The summed E-state index contributed by atoms with van der Waals surface area (Å²) < 4.78 is 0. The quantitative estimate of drug-likeness (QED) is 0.780. The van der Waals surface area contributed by atoms with Crippen LogP contribution < -0.4 is 5.32 Å². The molecule has 0 saturated carbocycles. The van der Waals surface area contributed by atoms with Crippen molar-refractivity contribution in [2.45, 2.75) is 40.0 Å². The van der Waals surface area contributed by atoms with Crippen LogP contribution in [0.1, 0.15) is 49.8 Å². The van der Waals surface area contributed by atoms with Crippen LogP contribution in [0.25, 0.3) is 0 Å². The van der Waals surface area contributed by atoms with Crippen molar-refractivity contribution in [3.63, 3.8) is 0 Å². The lowest BCUT2D eigenvalue weighted by Gasteiger charge is -2.12. The maximum atomic E-state index is 11.1. The lowest BCUT2D eigenvalue weighted by molar-refractivity contribution is 0.0691. The van der Waals surface area contributed by atoms with Crippen molar-refractivity contribution in [1.82, 2.24) is 4.98 Å². The second-order valence-corrected chi connectivity index (χ2v) is 4.59. The Labute approximate surface area is 108 Å². The summed E-state index contributed by atoms with van der Waals surface area (Å²) in [6.07, 6.45) is 2.92. The van der Waals surface area contributed by atoms with E-state index in [-0.39, 0.29) is 5.69 Å². The molecule has 4 heteroatoms. The molecule has 0 fully saturated rings. The molecule has 0 bridgehead atoms. The van der Waals surface area contributed by atoms with E-state index < -0.39 is 5.97 Å². The predicted molar refractivity (Wildman–Crippen MR) is 73.1 cm³/mol. The molecular weight excluding hydrogens is 228 g/mol. The van der Waals surface area contributed by atoms with Crippen molar-refractivity contribution in [3.8, 4) is 0 Å². The van der Waals surface area contributed by atoms with Crippen molar-refractivity contribution in [3.05, 3.63) is 23.5 Å². The second-order valence-electron chi connectivity index (χ2n) is 4.59. The van der Waals surface area contributed by atoms with Crippen molar-refractivity contribution < 1.29 is 9.90 Å². The van der Waals surface area contributed by atoms with E-state index in [9.17, 15) is 4.79 Å². The van der Waals surface area contributed by atoms with Gasteiger partial charge in [-0.3, -0.25) is 0 Å². The van der Waals surface area contributed by atoms with Gasteiger partial charge in [0.25, 0.3) is 0 Å². The van der Waals surface area contributed by atoms with E-state index in [0.29, 0.717) is 11.6 Å². The van der Waals surface area contributed by atoms with Crippen molar-refractivity contribution in [2.75, 3.05) is 11.9 Å². The third-order valence-electron chi connectivity index (χ3n) is 3.17. The molecule has 1 rings (SSSR count). The molecule has 100 valence electrons. The molecule has 1 atom stereocenters. The van der Waals surface area contributed by atoms with Crippen LogP contribution >= 0.6 is 0 Å². The molecule has 1 heterocycles. The average Bonchev–Trinajstić information content (AvgIpc) is 2.38. The monoisotopic (exact) mass is 250 g/mol. The molecule has 18 heavy (non-hydrogen) atoms. The highest BCUT2D eigenvalue weighted by Crippen LogP contribution is 2.15. The average molecular weight is 250 g/mol. The van der Waals surface area contributed by atoms with Gasteiger partial charge in [0.05, 0.1) is 5.69 Å². The molecule has 2 N–H and O–H groups in total. The summed E-state index contributed by atoms with van der Waals surface area (Å²) in [6, 6.07) is 3.68. The lowest BCUT2D eigenvalue weighted by Crippen LogP contribution is -2.12. The fourth-order valence-corrected chi connectivity index (χ4v) is 1.66. The zero-order valence-corrected chi connectivity index (χ0v) is 11.4. The third kappa shape index (κ3) is 4.02. The number of carbonyl (C=O) groups is 1. The Morgan fingerprint density at radius 1 is 1.44 bits per heavy atom. The number of nitrogens with zero attached hydrogens (tertiary/aromatic N) is 1. The summed E-state index contributed by atoms with van der Waals surface area (Å²) in [6.45, 7) is 7.09. The number of aryl methyl sites for hydroxylation is 1. The van der Waals surface area contributed by atoms with Gasteiger partial charge in [0.1, 0.15) is 0 Å². The zero-order valence-electron chi connectivity index (χ0n) is 11.4. The number of nitrogens with one attached hydrogen (secondary N) is 1. The molecule has 0 aliphatic carbocycles. The van der Waals surface area contributed by atoms with E-state index in [4.69, 9.17) is 5.11 Å². The number of anilines is 1. The van der Waals surface area contributed by atoms with Crippen molar-refractivity contribution >= 4 is 11.7 Å². The minimum absolute atomic E-state index is 0.124. The summed E-state index contributed by atoms with van der Waals surface area (Å²) in [5, 5.41) is 12.3. The van der Waals surface area contributed by atoms with Gasteiger partial charge in [0.2, 0.25) is 0 Å². The molecule has 1 aromatic heterocycles. The van der Waals surface area contributed by atoms with E-state index in [1.807, 2.05) is 19.1 Å². The molecule has 4 nitrogen and oxygen atoms in total. The summed E-state index contributed by atoms with van der Waals surface area (Å²) in [5.74, 6) is -0.329. The second kappa shape index (κ2) is 6.99. The molecule has 0 aromatic carbocycles.